The molecule has 15 heavy (non-hydrogen) atoms. The Balaban J connectivity index is 2.47. The lowest BCUT2D eigenvalue weighted by atomic mass is 10.2. The summed E-state index contributed by atoms with van der Waals surface area (Å²) < 4.78 is 1.80. The molecule has 2 aromatic heterocycles. The molecule has 0 spiro atoms. The smallest absolute Gasteiger partial charge is 0.116 e. The third kappa shape index (κ3) is 1.89. The third-order valence-corrected chi connectivity index (χ3v) is 2.24. The summed E-state index contributed by atoms with van der Waals surface area (Å²) in [4.78, 5) is 4.22. The van der Waals surface area contributed by atoms with E-state index in [2.05, 4.69) is 10.1 Å². The Morgan fingerprint density at radius 1 is 1.40 bits per heavy atom. The number of aliphatic hydroxyl groups is 1. The van der Waals surface area contributed by atoms with E-state index < -0.39 is 0 Å². The van der Waals surface area contributed by atoms with Crippen molar-refractivity contribution >= 4 is 0 Å². The molecule has 4 heteroatoms. The molecule has 0 aromatic carbocycles. The molecule has 0 aliphatic heterocycles. The van der Waals surface area contributed by atoms with Crippen LogP contribution in [0.4, 0.5) is 0 Å². The Labute approximate surface area is 88.2 Å². The summed E-state index contributed by atoms with van der Waals surface area (Å²) in [5.41, 5.74) is 2.38. The zero-order chi connectivity index (χ0) is 10.7. The third-order valence-electron chi connectivity index (χ3n) is 2.24. The Bertz CT molecular complexity index is 436. The zero-order valence-corrected chi connectivity index (χ0v) is 8.59. The first kappa shape index (κ1) is 9.86. The number of nitrogens with zero attached hydrogens (tertiary/aromatic N) is 3. The summed E-state index contributed by atoms with van der Waals surface area (Å²) in [5, 5.41) is 13.6. The summed E-state index contributed by atoms with van der Waals surface area (Å²) in [6.07, 6.45) is 3.57. The number of rotatable bonds is 3. The highest BCUT2D eigenvalue weighted by Gasteiger charge is 2.10. The molecule has 2 aromatic rings. The first-order chi connectivity index (χ1) is 7.35. The van der Waals surface area contributed by atoms with Gasteiger partial charge in [-0.25, -0.2) is 0 Å². The summed E-state index contributed by atoms with van der Waals surface area (Å²) in [5.74, 6) is 0. The average molecular weight is 203 g/mol. The van der Waals surface area contributed by atoms with E-state index in [1.807, 2.05) is 31.3 Å². The van der Waals surface area contributed by atoms with Crippen LogP contribution in [-0.4, -0.2) is 19.9 Å². The quantitative estimate of drug-likeness (QED) is 0.821. The first-order valence-electron chi connectivity index (χ1n) is 4.93. The van der Waals surface area contributed by atoms with Gasteiger partial charge in [-0.15, -0.1) is 0 Å². The van der Waals surface area contributed by atoms with Crippen molar-refractivity contribution in [1.82, 2.24) is 14.8 Å². The minimum absolute atomic E-state index is 0.00803. The van der Waals surface area contributed by atoms with Gasteiger partial charge in [0.2, 0.25) is 0 Å². The van der Waals surface area contributed by atoms with E-state index in [0.717, 1.165) is 23.5 Å². The standard InChI is InChI=1S/C11H13N3O/c1-2-14-7-9(8-15)11(13-14)10-5-3-4-6-12-10/h3-7,15H,2,8H2,1H3. The summed E-state index contributed by atoms with van der Waals surface area (Å²) in [6.45, 7) is 2.79. The summed E-state index contributed by atoms with van der Waals surface area (Å²) in [6, 6.07) is 5.66. The van der Waals surface area contributed by atoms with Gasteiger partial charge < -0.3 is 5.11 Å². The molecule has 78 valence electrons. The lowest BCUT2D eigenvalue weighted by molar-refractivity contribution is 0.282. The topological polar surface area (TPSA) is 50.9 Å². The molecule has 0 aliphatic carbocycles. The number of aromatic nitrogens is 3. The molecule has 1 N–H and O–H groups in total. The average Bonchev–Trinajstić information content (AvgIpc) is 2.73. The van der Waals surface area contributed by atoms with Crippen LogP contribution in [0.2, 0.25) is 0 Å². The Hall–Kier alpha value is -1.68. The molecule has 2 rings (SSSR count). The van der Waals surface area contributed by atoms with E-state index in [4.69, 9.17) is 0 Å². The van der Waals surface area contributed by atoms with Gasteiger partial charge in [0.05, 0.1) is 12.3 Å². The second-order valence-corrected chi connectivity index (χ2v) is 3.23. The first-order valence-corrected chi connectivity index (χ1v) is 4.93. The second-order valence-electron chi connectivity index (χ2n) is 3.23. The highest BCUT2D eigenvalue weighted by molar-refractivity contribution is 5.57. The van der Waals surface area contributed by atoms with Crippen LogP contribution in [0.1, 0.15) is 12.5 Å². The van der Waals surface area contributed by atoms with Crippen LogP contribution < -0.4 is 0 Å². The molecule has 2 heterocycles. The Morgan fingerprint density at radius 3 is 2.87 bits per heavy atom. The van der Waals surface area contributed by atoms with E-state index in [0.29, 0.717) is 0 Å². The number of pyridine rings is 1. The molecule has 0 unspecified atom stereocenters. The molecule has 0 saturated heterocycles. The van der Waals surface area contributed by atoms with Crippen molar-refractivity contribution in [3.8, 4) is 11.4 Å². The predicted molar refractivity (Wildman–Crippen MR) is 57.1 cm³/mol. The fourth-order valence-electron chi connectivity index (χ4n) is 1.46. The van der Waals surface area contributed by atoms with Crippen molar-refractivity contribution in [3.63, 3.8) is 0 Å². The number of aliphatic hydroxyl groups excluding tert-OH is 1. The maximum Gasteiger partial charge on any atom is 0.116 e. The van der Waals surface area contributed by atoms with Gasteiger partial charge in [-0.05, 0) is 19.1 Å². The van der Waals surface area contributed by atoms with Gasteiger partial charge in [0, 0.05) is 24.5 Å². The van der Waals surface area contributed by atoms with Crippen molar-refractivity contribution in [3.05, 3.63) is 36.2 Å². The lowest BCUT2D eigenvalue weighted by Crippen LogP contribution is -1.94. The largest absolute Gasteiger partial charge is 0.392 e. The van der Waals surface area contributed by atoms with Gasteiger partial charge >= 0.3 is 0 Å². The second kappa shape index (κ2) is 4.23. The highest BCUT2D eigenvalue weighted by atomic mass is 16.3. The summed E-state index contributed by atoms with van der Waals surface area (Å²) in [7, 11) is 0. The molecule has 0 fully saturated rings. The van der Waals surface area contributed by atoms with Crippen LogP contribution in [0.15, 0.2) is 30.6 Å². The van der Waals surface area contributed by atoms with E-state index >= 15 is 0 Å². The minimum Gasteiger partial charge on any atom is -0.392 e. The van der Waals surface area contributed by atoms with Gasteiger partial charge in [-0.2, -0.15) is 5.10 Å². The fourth-order valence-corrected chi connectivity index (χ4v) is 1.46. The van der Waals surface area contributed by atoms with Gasteiger partial charge in [0.25, 0.3) is 0 Å². The number of hydrogen-bond acceptors (Lipinski definition) is 3. The molecule has 4 nitrogen and oxygen atoms in total. The van der Waals surface area contributed by atoms with Gasteiger partial charge in [0.1, 0.15) is 5.69 Å². The Kier molecular flexibility index (Phi) is 2.78. The van der Waals surface area contributed by atoms with Crippen molar-refractivity contribution < 1.29 is 5.11 Å². The zero-order valence-electron chi connectivity index (χ0n) is 8.59. The van der Waals surface area contributed by atoms with Crippen molar-refractivity contribution in [2.24, 2.45) is 0 Å². The van der Waals surface area contributed by atoms with Crippen LogP contribution >= 0.6 is 0 Å². The molecule has 0 saturated carbocycles. The molecule has 0 atom stereocenters. The molecule has 0 radical (unpaired) electrons. The van der Waals surface area contributed by atoms with Crippen molar-refractivity contribution in [2.45, 2.75) is 20.1 Å². The van der Waals surface area contributed by atoms with Gasteiger partial charge in [-0.3, -0.25) is 9.67 Å². The molecular formula is C11H13N3O. The van der Waals surface area contributed by atoms with Crippen molar-refractivity contribution in [2.75, 3.05) is 0 Å². The fraction of sp³-hybridized carbons (Fsp3) is 0.273. The SMILES string of the molecule is CCn1cc(CO)c(-c2ccccn2)n1. The van der Waals surface area contributed by atoms with Crippen molar-refractivity contribution in [1.29, 1.82) is 0 Å². The van der Waals surface area contributed by atoms with E-state index in [9.17, 15) is 5.11 Å². The normalized spacial score (nSPS) is 10.5. The minimum atomic E-state index is -0.00803. The molecule has 0 bridgehead atoms. The Morgan fingerprint density at radius 2 is 2.27 bits per heavy atom. The van der Waals surface area contributed by atoms with E-state index in [1.165, 1.54) is 0 Å². The lowest BCUT2D eigenvalue weighted by Gasteiger charge is -1.97. The van der Waals surface area contributed by atoms with Crippen LogP contribution in [0, 0.1) is 0 Å². The van der Waals surface area contributed by atoms with Crippen LogP contribution in [0.5, 0.6) is 0 Å². The van der Waals surface area contributed by atoms with E-state index in [-0.39, 0.29) is 6.61 Å². The molecule has 0 amide bonds. The number of aryl methyl sites for hydroxylation is 1. The van der Waals surface area contributed by atoms with Crippen LogP contribution in [-0.2, 0) is 13.2 Å². The molecule has 0 aliphatic rings. The van der Waals surface area contributed by atoms with Crippen LogP contribution in [0.3, 0.4) is 0 Å². The van der Waals surface area contributed by atoms with Gasteiger partial charge in [-0.1, -0.05) is 6.07 Å². The maximum absolute atomic E-state index is 9.21. The predicted octanol–water partition coefficient (Wildman–Crippen LogP) is 1.46. The van der Waals surface area contributed by atoms with Gasteiger partial charge in [0.15, 0.2) is 0 Å². The van der Waals surface area contributed by atoms with E-state index in [1.54, 1.807) is 10.9 Å². The van der Waals surface area contributed by atoms with Crippen LogP contribution in [0.25, 0.3) is 11.4 Å². The molecular weight excluding hydrogens is 190 g/mol. The monoisotopic (exact) mass is 203 g/mol. The number of hydrogen-bond donors (Lipinski definition) is 1. The highest BCUT2D eigenvalue weighted by Crippen LogP contribution is 2.19. The maximum atomic E-state index is 9.21. The summed E-state index contributed by atoms with van der Waals surface area (Å²) >= 11 is 0.